The van der Waals surface area contributed by atoms with E-state index in [1.807, 2.05) is 23.1 Å². The lowest BCUT2D eigenvalue weighted by Gasteiger charge is -2.28. The summed E-state index contributed by atoms with van der Waals surface area (Å²) < 4.78 is 7.58. The van der Waals surface area contributed by atoms with Crippen LogP contribution in [0.4, 0.5) is 0 Å². The smallest absolute Gasteiger partial charge is 0.335 e. The van der Waals surface area contributed by atoms with Gasteiger partial charge in [-0.3, -0.25) is 4.79 Å². The number of hydrogen-bond acceptors (Lipinski definition) is 4. The second-order valence-corrected chi connectivity index (χ2v) is 12.1. The van der Waals surface area contributed by atoms with Gasteiger partial charge in [0, 0.05) is 29.4 Å². The topological polar surface area (TPSA) is 84.7 Å². The molecule has 2 fully saturated rings. The van der Waals surface area contributed by atoms with Crippen molar-refractivity contribution in [3.05, 3.63) is 89.5 Å². The fourth-order valence-electron chi connectivity index (χ4n) is 7.12. The van der Waals surface area contributed by atoms with E-state index in [1.165, 1.54) is 30.4 Å². The number of amides is 1. The number of aromatic carboxylic acids is 1. The fourth-order valence-corrected chi connectivity index (χ4v) is 7.12. The highest BCUT2D eigenvalue weighted by atomic mass is 16.5. The van der Waals surface area contributed by atoms with Crippen LogP contribution in [0.1, 0.15) is 59.5 Å². The average Bonchev–Trinajstić information content (AvgIpc) is 3.38. The first-order chi connectivity index (χ1) is 21.5. The molecule has 7 nitrogen and oxygen atoms in total. The Kier molecular flexibility index (Phi) is 7.64. The number of hydrogen-bond donors (Lipinski definition) is 1. The number of ether oxygens (including phenoxy) is 1. The van der Waals surface area contributed by atoms with Gasteiger partial charge in [0.05, 0.1) is 41.2 Å². The molecule has 7 heteroatoms. The lowest BCUT2D eigenvalue weighted by Crippen LogP contribution is -2.42. The van der Waals surface area contributed by atoms with Gasteiger partial charge in [-0.05, 0) is 72.7 Å². The lowest BCUT2D eigenvalue weighted by molar-refractivity contribution is -0.135. The first-order valence-corrected chi connectivity index (χ1v) is 15.7. The van der Waals surface area contributed by atoms with Crippen molar-refractivity contribution >= 4 is 33.7 Å². The summed E-state index contributed by atoms with van der Waals surface area (Å²) in [7, 11) is 0. The number of carboxylic acids is 1. The van der Waals surface area contributed by atoms with E-state index in [-0.39, 0.29) is 18.0 Å². The van der Waals surface area contributed by atoms with Crippen molar-refractivity contribution in [3.63, 3.8) is 0 Å². The number of morpholine rings is 1. The number of carboxylic acid groups (broad SMARTS) is 1. The minimum absolute atomic E-state index is 0.0210. The van der Waals surface area contributed by atoms with Crippen LogP contribution in [0.2, 0.25) is 0 Å². The van der Waals surface area contributed by atoms with Gasteiger partial charge in [-0.15, -0.1) is 0 Å². The predicted octanol–water partition coefficient (Wildman–Crippen LogP) is 7.44. The molecular formula is C37H37N3O4. The number of benzene rings is 3. The highest BCUT2D eigenvalue weighted by molar-refractivity contribution is 6.00. The molecule has 1 saturated carbocycles. The van der Waals surface area contributed by atoms with Crippen molar-refractivity contribution in [2.24, 2.45) is 0 Å². The van der Waals surface area contributed by atoms with Gasteiger partial charge in [0.2, 0.25) is 5.91 Å². The molecule has 7 rings (SSSR count). The van der Waals surface area contributed by atoms with Gasteiger partial charge < -0.3 is 19.3 Å². The Hall–Kier alpha value is -4.49. The van der Waals surface area contributed by atoms with Gasteiger partial charge in [0.1, 0.15) is 6.54 Å². The SMILES string of the molecule is Cc1ccccc1-c1ccc2cc(-c3c(C4CCCCC4)c4ccc(C(=O)O)cc4n3CC(=O)N3CCOCC3)ccc2n1. The quantitative estimate of drug-likeness (QED) is 0.223. The van der Waals surface area contributed by atoms with Crippen LogP contribution in [0.3, 0.4) is 0 Å². The molecule has 1 amide bonds. The van der Waals surface area contributed by atoms with Gasteiger partial charge in [-0.1, -0.05) is 61.7 Å². The van der Waals surface area contributed by atoms with Gasteiger partial charge in [-0.25, -0.2) is 9.78 Å². The van der Waals surface area contributed by atoms with Crippen molar-refractivity contribution in [1.82, 2.24) is 14.5 Å². The van der Waals surface area contributed by atoms with Crippen LogP contribution in [-0.2, 0) is 16.1 Å². The van der Waals surface area contributed by atoms with Gasteiger partial charge >= 0.3 is 5.97 Å². The second kappa shape index (κ2) is 11.9. The second-order valence-electron chi connectivity index (χ2n) is 12.1. The van der Waals surface area contributed by atoms with Crippen molar-refractivity contribution in [2.45, 2.75) is 51.5 Å². The largest absolute Gasteiger partial charge is 0.478 e. The van der Waals surface area contributed by atoms with Crippen LogP contribution >= 0.6 is 0 Å². The van der Waals surface area contributed by atoms with Gasteiger partial charge in [-0.2, -0.15) is 0 Å². The van der Waals surface area contributed by atoms with Crippen LogP contribution in [-0.4, -0.2) is 57.7 Å². The van der Waals surface area contributed by atoms with Gasteiger partial charge in [0.25, 0.3) is 0 Å². The van der Waals surface area contributed by atoms with E-state index >= 15 is 0 Å². The minimum Gasteiger partial charge on any atom is -0.478 e. The highest BCUT2D eigenvalue weighted by Gasteiger charge is 2.29. The van der Waals surface area contributed by atoms with Crippen LogP contribution in [0.15, 0.2) is 72.8 Å². The summed E-state index contributed by atoms with van der Waals surface area (Å²) in [5.41, 5.74) is 8.45. The Labute approximate surface area is 257 Å². The number of pyridine rings is 1. The van der Waals surface area contributed by atoms with Crippen LogP contribution < -0.4 is 0 Å². The van der Waals surface area contributed by atoms with Crippen molar-refractivity contribution in [2.75, 3.05) is 26.3 Å². The molecule has 1 aliphatic heterocycles. The van der Waals surface area contributed by atoms with E-state index in [2.05, 4.69) is 54.0 Å². The molecule has 1 saturated heterocycles. The first-order valence-electron chi connectivity index (χ1n) is 15.7. The van der Waals surface area contributed by atoms with Crippen molar-refractivity contribution < 1.29 is 19.4 Å². The number of aryl methyl sites for hydroxylation is 1. The number of carbonyl (C=O) groups excluding carboxylic acids is 1. The summed E-state index contributed by atoms with van der Waals surface area (Å²) in [5.74, 6) is -0.609. The predicted molar refractivity (Wildman–Crippen MR) is 173 cm³/mol. The Morgan fingerprint density at radius 3 is 2.50 bits per heavy atom. The molecule has 0 bridgehead atoms. The molecule has 2 aliphatic rings. The normalized spacial score (nSPS) is 16.1. The first kappa shape index (κ1) is 28.3. The molecule has 44 heavy (non-hydrogen) atoms. The summed E-state index contributed by atoms with van der Waals surface area (Å²) in [4.78, 5) is 32.7. The number of fused-ring (bicyclic) bond motifs is 2. The van der Waals surface area contributed by atoms with Crippen molar-refractivity contribution in [1.29, 1.82) is 0 Å². The molecule has 0 spiro atoms. The van der Waals surface area contributed by atoms with E-state index in [4.69, 9.17) is 9.72 Å². The molecule has 3 heterocycles. The van der Waals surface area contributed by atoms with Crippen LogP contribution in [0, 0.1) is 6.92 Å². The van der Waals surface area contributed by atoms with E-state index < -0.39 is 5.97 Å². The molecule has 1 N–H and O–H groups in total. The minimum atomic E-state index is -0.971. The Morgan fingerprint density at radius 1 is 0.932 bits per heavy atom. The lowest BCUT2D eigenvalue weighted by atomic mass is 9.81. The standard InChI is InChI=1S/C37H37N3O4/c1-24-7-5-6-10-29(24)32-16-12-26-21-27(13-15-31(26)38-32)36-35(25-8-3-2-4-9-25)30-14-11-28(37(42)43)22-33(30)40(36)23-34(41)39-17-19-44-20-18-39/h5-7,10-16,21-22,25H,2-4,8-9,17-20,23H2,1H3,(H,42,43). The molecular weight excluding hydrogens is 550 g/mol. The van der Waals surface area contributed by atoms with E-state index in [1.54, 1.807) is 12.1 Å². The molecule has 0 unspecified atom stereocenters. The monoisotopic (exact) mass is 587 g/mol. The van der Waals surface area contributed by atoms with Crippen LogP contribution in [0.25, 0.3) is 44.3 Å². The summed E-state index contributed by atoms with van der Waals surface area (Å²) in [5, 5.41) is 12.0. The molecule has 1 aliphatic carbocycles. The Bertz CT molecular complexity index is 1880. The van der Waals surface area contributed by atoms with Crippen LogP contribution in [0.5, 0.6) is 0 Å². The third-order valence-corrected chi connectivity index (χ3v) is 9.40. The van der Waals surface area contributed by atoms with E-state index in [0.717, 1.165) is 57.2 Å². The summed E-state index contributed by atoms with van der Waals surface area (Å²) >= 11 is 0. The molecule has 3 aromatic carbocycles. The summed E-state index contributed by atoms with van der Waals surface area (Å²) in [6, 6.07) is 24.3. The molecule has 5 aromatic rings. The maximum atomic E-state index is 13.7. The zero-order valence-corrected chi connectivity index (χ0v) is 25.1. The summed E-state index contributed by atoms with van der Waals surface area (Å²) in [6.07, 6.45) is 5.73. The number of rotatable bonds is 6. The highest BCUT2D eigenvalue weighted by Crippen LogP contribution is 2.45. The van der Waals surface area contributed by atoms with Crippen molar-refractivity contribution in [3.8, 4) is 22.5 Å². The fraction of sp³-hybridized carbons (Fsp3) is 0.324. The maximum Gasteiger partial charge on any atom is 0.335 e. The van der Waals surface area contributed by atoms with E-state index in [0.29, 0.717) is 32.2 Å². The van der Waals surface area contributed by atoms with Gasteiger partial charge in [0.15, 0.2) is 0 Å². The third kappa shape index (κ3) is 5.26. The zero-order valence-electron chi connectivity index (χ0n) is 25.1. The molecule has 2 aromatic heterocycles. The molecule has 0 atom stereocenters. The number of aromatic nitrogens is 2. The number of carbonyl (C=O) groups is 2. The average molecular weight is 588 g/mol. The molecule has 0 radical (unpaired) electrons. The van der Waals surface area contributed by atoms with E-state index in [9.17, 15) is 14.7 Å². The maximum absolute atomic E-state index is 13.7. The number of nitrogens with zero attached hydrogens (tertiary/aromatic N) is 3. The Morgan fingerprint density at radius 2 is 1.73 bits per heavy atom. The molecule has 224 valence electrons. The zero-order chi connectivity index (χ0) is 30.2. The third-order valence-electron chi connectivity index (χ3n) is 9.40. The summed E-state index contributed by atoms with van der Waals surface area (Å²) in [6.45, 7) is 4.43. The Balaban J connectivity index is 1.41.